The van der Waals surface area contributed by atoms with Crippen molar-refractivity contribution in [2.75, 3.05) is 19.4 Å². The normalized spacial score (nSPS) is 26.5. The van der Waals surface area contributed by atoms with E-state index in [9.17, 15) is 24.0 Å². The summed E-state index contributed by atoms with van der Waals surface area (Å²) in [6, 6.07) is 18.7. The second-order valence-electron chi connectivity index (χ2n) is 15.2. The first-order valence-corrected chi connectivity index (χ1v) is 20.8. The van der Waals surface area contributed by atoms with E-state index in [0.29, 0.717) is 51.5 Å². The molecule has 4 heterocycles. The summed E-state index contributed by atoms with van der Waals surface area (Å²) in [6.07, 6.45) is 13.5. The summed E-state index contributed by atoms with van der Waals surface area (Å²) in [7, 11) is 1.36. The summed E-state index contributed by atoms with van der Waals surface area (Å²) in [5, 5.41) is 3.09. The predicted molar refractivity (Wildman–Crippen MR) is 207 cm³/mol. The fraction of sp³-hybridized carbons (Fsp3) is 0.558. The van der Waals surface area contributed by atoms with Crippen molar-refractivity contribution >= 4 is 41.2 Å². The third kappa shape index (κ3) is 9.99. The summed E-state index contributed by atoms with van der Waals surface area (Å²) < 4.78 is 5.09. The van der Waals surface area contributed by atoms with Crippen LogP contribution in [-0.2, 0) is 41.6 Å². The Morgan fingerprint density at radius 2 is 1.53 bits per heavy atom. The number of carbonyl (C=O) groups is 5. The third-order valence-corrected chi connectivity index (χ3v) is 13.0. The van der Waals surface area contributed by atoms with Crippen LogP contribution >= 0.6 is 11.8 Å². The largest absolute Gasteiger partial charge is 0.467 e. The molecule has 0 unspecified atom stereocenters. The van der Waals surface area contributed by atoms with Gasteiger partial charge in [-0.3, -0.25) is 19.2 Å². The molecule has 7 atom stereocenters. The van der Waals surface area contributed by atoms with Crippen molar-refractivity contribution in [1.82, 2.24) is 15.1 Å². The van der Waals surface area contributed by atoms with Crippen LogP contribution in [0.1, 0.15) is 88.2 Å². The molecule has 0 aromatic heterocycles. The van der Waals surface area contributed by atoms with Crippen LogP contribution < -0.4 is 5.32 Å². The molecule has 9 nitrogen and oxygen atoms in total. The molecular weight excluding hydrogens is 687 g/mol. The van der Waals surface area contributed by atoms with E-state index < -0.39 is 35.8 Å². The zero-order valence-corrected chi connectivity index (χ0v) is 31.9. The molecular formula is C43H55N3O6S. The van der Waals surface area contributed by atoms with Gasteiger partial charge < -0.3 is 19.9 Å². The topological polar surface area (TPSA) is 113 Å². The van der Waals surface area contributed by atoms with Crippen molar-refractivity contribution in [3.63, 3.8) is 0 Å². The maximum Gasteiger partial charge on any atom is 0.328 e. The number of carbonyl (C=O) groups excluding carboxylic acids is 5. The summed E-state index contributed by atoms with van der Waals surface area (Å²) in [5.41, 5.74) is 2.06. The second kappa shape index (κ2) is 18.9. The molecule has 0 radical (unpaired) electrons. The van der Waals surface area contributed by atoms with Crippen LogP contribution in [0.25, 0.3) is 0 Å². The zero-order chi connectivity index (χ0) is 37.2. The Morgan fingerprint density at radius 1 is 0.830 bits per heavy atom. The van der Waals surface area contributed by atoms with Crippen molar-refractivity contribution in [3.8, 4) is 0 Å². The highest BCUT2D eigenvalue weighted by atomic mass is 32.2. The molecule has 3 fully saturated rings. The van der Waals surface area contributed by atoms with Gasteiger partial charge in [0.05, 0.1) is 18.5 Å². The van der Waals surface area contributed by atoms with Crippen molar-refractivity contribution in [2.45, 2.75) is 113 Å². The van der Waals surface area contributed by atoms with Gasteiger partial charge in [-0.15, -0.1) is 11.8 Å². The maximum absolute atomic E-state index is 14.4. The number of benzene rings is 2. The van der Waals surface area contributed by atoms with Gasteiger partial charge in [-0.1, -0.05) is 72.8 Å². The molecule has 3 amide bonds. The maximum atomic E-state index is 14.4. The number of ether oxygens (including phenoxy) is 1. The molecule has 0 saturated carbocycles. The highest BCUT2D eigenvalue weighted by Crippen LogP contribution is 2.38. The molecule has 53 heavy (non-hydrogen) atoms. The van der Waals surface area contributed by atoms with Crippen molar-refractivity contribution < 1.29 is 28.7 Å². The van der Waals surface area contributed by atoms with Crippen LogP contribution in [0.2, 0.25) is 0 Å². The minimum Gasteiger partial charge on any atom is -0.467 e. The van der Waals surface area contributed by atoms with E-state index in [1.165, 1.54) is 7.11 Å². The third-order valence-electron chi connectivity index (χ3n) is 11.6. The monoisotopic (exact) mass is 741 g/mol. The van der Waals surface area contributed by atoms with Gasteiger partial charge in [0, 0.05) is 30.7 Å². The van der Waals surface area contributed by atoms with Crippen molar-refractivity contribution in [3.05, 3.63) is 83.9 Å². The first kappa shape index (κ1) is 38.8. The number of hydrogen-bond donors (Lipinski definition) is 1. The number of ketones is 1. The summed E-state index contributed by atoms with van der Waals surface area (Å²) in [6.45, 7) is 0.709. The molecule has 4 aliphatic rings. The first-order valence-electron chi connectivity index (χ1n) is 19.7. The average Bonchev–Trinajstić information content (AvgIpc) is 3.34. The number of esters is 1. The standard InChI is InChI=1S/C43H55N3O6S/c1-52-43(51)37-20-12-21-39-46(37)41(49)34(24-26-53-39)29-38(47)32(27-30-13-4-2-5-14-30)22-23-33(28-31-15-6-3-7-16-31)40(48)44-36-19-9-8-17-35-18-10-11-25-45(35)42(36)50/h2-8,13-17,32-37,39H,9-12,18-29H2,1H3,(H,44,48)/b17-8-/t32-,33-,34-,35+,36+,37+,39+/m1/s1. The molecule has 3 saturated heterocycles. The fourth-order valence-electron chi connectivity index (χ4n) is 8.67. The van der Waals surface area contributed by atoms with E-state index >= 15 is 0 Å². The van der Waals surface area contributed by atoms with Gasteiger partial charge in [-0.25, -0.2) is 4.79 Å². The van der Waals surface area contributed by atoms with E-state index in [2.05, 4.69) is 17.5 Å². The molecule has 1 N–H and O–H groups in total. The highest BCUT2D eigenvalue weighted by molar-refractivity contribution is 7.99. The number of piperidine rings is 2. The lowest BCUT2D eigenvalue weighted by Crippen LogP contribution is -2.54. The number of Topliss-reactive ketones (excluding diaryl/α,β-unsaturated/α-hetero) is 1. The van der Waals surface area contributed by atoms with Crippen LogP contribution in [0.15, 0.2) is 72.8 Å². The van der Waals surface area contributed by atoms with Gasteiger partial charge in [0.2, 0.25) is 17.7 Å². The van der Waals surface area contributed by atoms with Crippen LogP contribution in [0.5, 0.6) is 0 Å². The molecule has 2 aromatic rings. The summed E-state index contributed by atoms with van der Waals surface area (Å²) >= 11 is 1.70. The number of rotatable bonds is 13. The van der Waals surface area contributed by atoms with Gasteiger partial charge in [0.15, 0.2) is 0 Å². The number of thioether (sulfide) groups is 1. The van der Waals surface area contributed by atoms with Crippen LogP contribution in [0.4, 0.5) is 0 Å². The van der Waals surface area contributed by atoms with Crippen LogP contribution in [0, 0.1) is 17.8 Å². The number of nitrogens with one attached hydrogen (secondary N) is 1. The van der Waals surface area contributed by atoms with Gasteiger partial charge in [0.25, 0.3) is 0 Å². The van der Waals surface area contributed by atoms with E-state index in [1.807, 2.05) is 65.6 Å². The van der Waals surface area contributed by atoms with Gasteiger partial charge >= 0.3 is 5.97 Å². The van der Waals surface area contributed by atoms with Crippen molar-refractivity contribution in [1.29, 1.82) is 0 Å². The lowest BCUT2D eigenvalue weighted by molar-refractivity contribution is -0.157. The fourth-order valence-corrected chi connectivity index (χ4v) is 10.1. The smallest absolute Gasteiger partial charge is 0.328 e. The summed E-state index contributed by atoms with van der Waals surface area (Å²) in [4.78, 5) is 72.9. The van der Waals surface area contributed by atoms with Crippen molar-refractivity contribution in [2.24, 2.45) is 17.8 Å². The Bertz CT molecular complexity index is 1600. The number of allylic oxidation sites excluding steroid dienone is 1. The van der Waals surface area contributed by atoms with Crippen LogP contribution in [-0.4, -0.2) is 82.2 Å². The Labute approximate surface area is 318 Å². The minimum absolute atomic E-state index is 0.000364. The predicted octanol–water partition coefficient (Wildman–Crippen LogP) is 6.29. The molecule has 10 heteroatoms. The summed E-state index contributed by atoms with van der Waals surface area (Å²) in [5.74, 6) is -1.27. The molecule has 2 aromatic carbocycles. The number of hydrogen-bond acceptors (Lipinski definition) is 7. The molecule has 0 aliphatic carbocycles. The van der Waals surface area contributed by atoms with Gasteiger partial charge in [-0.2, -0.15) is 0 Å². The molecule has 0 bridgehead atoms. The Morgan fingerprint density at radius 3 is 2.25 bits per heavy atom. The molecule has 4 aliphatic heterocycles. The first-order chi connectivity index (χ1) is 25.8. The Hall–Kier alpha value is -3.92. The highest BCUT2D eigenvalue weighted by Gasteiger charge is 2.44. The van der Waals surface area contributed by atoms with E-state index in [-0.39, 0.29) is 41.3 Å². The number of fused-ring (bicyclic) bond motifs is 2. The lowest BCUT2D eigenvalue weighted by Gasteiger charge is -2.40. The molecule has 6 rings (SSSR count). The minimum atomic E-state index is -0.617. The number of nitrogens with zero attached hydrogens (tertiary/aromatic N) is 2. The number of amides is 3. The second-order valence-corrected chi connectivity index (χ2v) is 16.5. The van der Waals surface area contributed by atoms with Crippen LogP contribution in [0.3, 0.4) is 0 Å². The van der Waals surface area contributed by atoms with Gasteiger partial charge in [-0.05, 0) is 100 Å². The van der Waals surface area contributed by atoms with E-state index in [0.717, 1.165) is 55.4 Å². The Kier molecular flexibility index (Phi) is 13.8. The quantitative estimate of drug-likeness (QED) is 0.190. The average molecular weight is 742 g/mol. The number of methoxy groups -OCH3 is 1. The zero-order valence-electron chi connectivity index (χ0n) is 31.0. The van der Waals surface area contributed by atoms with Gasteiger partial charge in [0.1, 0.15) is 17.9 Å². The van der Waals surface area contributed by atoms with E-state index in [4.69, 9.17) is 4.74 Å². The molecule has 284 valence electrons. The lowest BCUT2D eigenvalue weighted by atomic mass is 9.82. The van der Waals surface area contributed by atoms with E-state index in [1.54, 1.807) is 16.7 Å². The Balaban J connectivity index is 1.19. The SMILES string of the molecule is COC(=O)[C@@H]1CCC[C@@H]2SCC[C@H](CC(=O)[C@H](CC[C@H](Cc3ccccc3)C(=O)N[C@H]3CC/C=C\[C@H]4CCCCN4C3=O)Cc3ccccc3)C(=O)N21. The molecule has 0 spiro atoms.